The number of alkyl halides is 3. The normalized spacial score (nSPS) is 21.0. The average Bonchev–Trinajstić information content (AvgIpc) is 3.32. The predicted molar refractivity (Wildman–Crippen MR) is 160 cm³/mol. The van der Waals surface area contributed by atoms with Gasteiger partial charge in [0.15, 0.2) is 0 Å². The molecule has 1 aromatic heterocycles. The molecule has 0 spiro atoms. The number of carbonyl (C=O) groups excluding carboxylic acids is 2. The average molecular weight is 628 g/mol. The van der Waals surface area contributed by atoms with Gasteiger partial charge in [0.05, 0.1) is 5.56 Å². The number of nitrogens with one attached hydrogen (secondary N) is 2. The fourth-order valence-corrected chi connectivity index (χ4v) is 6.54. The number of benzene rings is 2. The third kappa shape index (κ3) is 6.40. The van der Waals surface area contributed by atoms with Gasteiger partial charge in [0, 0.05) is 48.5 Å². The summed E-state index contributed by atoms with van der Waals surface area (Å²) in [5.74, 6) is -0.251. The molecule has 2 atom stereocenters. The van der Waals surface area contributed by atoms with Gasteiger partial charge in [-0.25, -0.2) is 4.98 Å². The van der Waals surface area contributed by atoms with E-state index in [2.05, 4.69) is 15.6 Å². The van der Waals surface area contributed by atoms with Gasteiger partial charge in [-0.15, -0.1) is 0 Å². The van der Waals surface area contributed by atoms with E-state index in [-0.39, 0.29) is 17.6 Å². The lowest BCUT2D eigenvalue weighted by molar-refractivity contribution is -0.137. The van der Waals surface area contributed by atoms with Crippen LogP contribution < -0.4 is 15.5 Å². The minimum absolute atomic E-state index is 0.0432. The maximum Gasteiger partial charge on any atom is 0.419 e. The number of rotatable bonds is 7. The van der Waals surface area contributed by atoms with Gasteiger partial charge in [-0.2, -0.15) is 13.2 Å². The summed E-state index contributed by atoms with van der Waals surface area (Å²) >= 11 is 6.04. The highest BCUT2D eigenvalue weighted by atomic mass is 35.5. The van der Waals surface area contributed by atoms with Crippen molar-refractivity contribution in [2.45, 2.75) is 57.2 Å². The Kier molecular flexibility index (Phi) is 8.54. The van der Waals surface area contributed by atoms with E-state index in [1.165, 1.54) is 6.20 Å². The van der Waals surface area contributed by atoms with Crippen molar-refractivity contribution in [3.05, 3.63) is 82.0 Å². The molecule has 2 aromatic carbocycles. The molecule has 0 radical (unpaired) electrons. The van der Waals surface area contributed by atoms with E-state index < -0.39 is 24.0 Å². The maximum atomic E-state index is 14.1. The molecule has 0 aliphatic carbocycles. The van der Waals surface area contributed by atoms with Crippen LogP contribution in [0.2, 0.25) is 5.02 Å². The summed E-state index contributed by atoms with van der Waals surface area (Å²) in [6.07, 6.45) is -1.66. The highest BCUT2D eigenvalue weighted by Crippen LogP contribution is 2.39. The highest BCUT2D eigenvalue weighted by Gasteiger charge is 2.39. The van der Waals surface area contributed by atoms with Crippen molar-refractivity contribution in [3.63, 3.8) is 0 Å². The number of hydrogen-bond acceptors (Lipinski definition) is 6. The van der Waals surface area contributed by atoms with Crippen LogP contribution in [0.5, 0.6) is 0 Å². The number of carbonyl (C=O) groups is 2. The number of aliphatic hydroxyl groups is 1. The molecule has 3 aliphatic rings. The van der Waals surface area contributed by atoms with E-state index in [0.29, 0.717) is 73.2 Å². The Balaban J connectivity index is 1.03. The Hall–Kier alpha value is -3.67. The molecule has 3 aliphatic heterocycles. The lowest BCUT2D eigenvalue weighted by atomic mass is 9.96. The van der Waals surface area contributed by atoms with E-state index in [1.807, 2.05) is 12.1 Å². The lowest BCUT2D eigenvalue weighted by Crippen LogP contribution is -2.54. The van der Waals surface area contributed by atoms with Gasteiger partial charge >= 0.3 is 6.18 Å². The smallest absolute Gasteiger partial charge is 0.374 e. The van der Waals surface area contributed by atoms with Crippen molar-refractivity contribution in [3.8, 4) is 11.1 Å². The van der Waals surface area contributed by atoms with Crippen molar-refractivity contribution in [2.75, 3.05) is 24.5 Å². The van der Waals surface area contributed by atoms with E-state index >= 15 is 0 Å². The number of halogens is 4. The van der Waals surface area contributed by atoms with Crippen LogP contribution in [-0.4, -0.2) is 58.7 Å². The molecule has 3 N–H and O–H groups in total. The first-order chi connectivity index (χ1) is 21.1. The molecule has 0 saturated carbocycles. The molecule has 8 nitrogen and oxygen atoms in total. The third-order valence-corrected chi connectivity index (χ3v) is 8.94. The molecule has 0 bridgehead atoms. The Morgan fingerprint density at radius 2 is 1.82 bits per heavy atom. The quantitative estimate of drug-likeness (QED) is 0.342. The van der Waals surface area contributed by atoms with E-state index in [9.17, 15) is 27.9 Å². The molecular weight excluding hydrogens is 595 g/mol. The number of fused-ring (bicyclic) bond motifs is 1. The number of aromatic nitrogens is 1. The van der Waals surface area contributed by atoms with Crippen LogP contribution >= 0.6 is 11.6 Å². The highest BCUT2D eigenvalue weighted by molar-refractivity contribution is 6.30. The number of anilines is 1. The number of hydrogen-bond donors (Lipinski definition) is 3. The number of aliphatic hydroxyl groups excluding tert-OH is 1. The second kappa shape index (κ2) is 12.4. The zero-order chi connectivity index (χ0) is 31.0. The summed E-state index contributed by atoms with van der Waals surface area (Å²) in [6.45, 7) is 2.60. The molecule has 12 heteroatoms. The van der Waals surface area contributed by atoms with Gasteiger partial charge in [-0.3, -0.25) is 9.59 Å². The van der Waals surface area contributed by atoms with Crippen LogP contribution in [-0.2, 0) is 24.1 Å². The van der Waals surface area contributed by atoms with Crippen molar-refractivity contribution in [1.82, 2.24) is 20.5 Å². The third-order valence-electron chi connectivity index (χ3n) is 8.71. The second-order valence-corrected chi connectivity index (χ2v) is 12.1. The minimum Gasteiger partial charge on any atom is -0.374 e. The molecular formula is C32H33ClF3N5O3. The first-order valence-electron chi connectivity index (χ1n) is 14.8. The molecule has 44 heavy (non-hydrogen) atoms. The SMILES string of the molecule is O=C1NC(O)CC[C@@H]1N1Cc2cc(CNCC3CCN(c4ncc(-c5cccc(Cl)c5)cc4C(F)(F)F)CC3)ccc2C1=O. The fraction of sp³-hybridized carbons (Fsp3) is 0.406. The molecule has 2 fully saturated rings. The Labute approximate surface area is 258 Å². The minimum atomic E-state index is -4.54. The molecule has 1 unspecified atom stereocenters. The first kappa shape index (κ1) is 30.4. The van der Waals surface area contributed by atoms with Gasteiger partial charge in [0.25, 0.3) is 5.91 Å². The summed E-state index contributed by atoms with van der Waals surface area (Å²) in [5.41, 5.74) is 2.67. The van der Waals surface area contributed by atoms with Crippen LogP contribution in [0.15, 0.2) is 54.7 Å². The van der Waals surface area contributed by atoms with E-state index in [1.54, 1.807) is 40.1 Å². The monoisotopic (exact) mass is 627 g/mol. The molecule has 3 aromatic rings. The number of piperidine rings is 2. The van der Waals surface area contributed by atoms with Gasteiger partial charge in [0.1, 0.15) is 18.1 Å². The molecule has 232 valence electrons. The van der Waals surface area contributed by atoms with Gasteiger partial charge < -0.3 is 25.5 Å². The number of amides is 2. The van der Waals surface area contributed by atoms with E-state index in [0.717, 1.165) is 30.0 Å². The van der Waals surface area contributed by atoms with E-state index in [4.69, 9.17) is 11.6 Å². The van der Waals surface area contributed by atoms with Crippen LogP contribution in [0.25, 0.3) is 11.1 Å². The van der Waals surface area contributed by atoms with Gasteiger partial charge in [-0.05, 0) is 79.1 Å². The second-order valence-electron chi connectivity index (χ2n) is 11.7. The van der Waals surface area contributed by atoms with Crippen LogP contribution in [0.1, 0.15) is 52.7 Å². The van der Waals surface area contributed by atoms with Crippen molar-refractivity contribution >= 4 is 29.2 Å². The van der Waals surface area contributed by atoms with Crippen molar-refractivity contribution in [1.29, 1.82) is 0 Å². The summed E-state index contributed by atoms with van der Waals surface area (Å²) < 4.78 is 42.3. The zero-order valence-electron chi connectivity index (χ0n) is 23.9. The zero-order valence-corrected chi connectivity index (χ0v) is 24.7. The number of pyridine rings is 1. The summed E-state index contributed by atoms with van der Waals surface area (Å²) in [7, 11) is 0. The topological polar surface area (TPSA) is 97.8 Å². The van der Waals surface area contributed by atoms with Crippen LogP contribution in [0.3, 0.4) is 0 Å². The Morgan fingerprint density at radius 3 is 2.55 bits per heavy atom. The fourth-order valence-electron chi connectivity index (χ4n) is 6.35. The maximum absolute atomic E-state index is 14.1. The van der Waals surface area contributed by atoms with Gasteiger partial charge in [-0.1, -0.05) is 35.9 Å². The predicted octanol–water partition coefficient (Wildman–Crippen LogP) is 4.98. The first-order valence-corrected chi connectivity index (χ1v) is 15.1. The molecule has 4 heterocycles. The summed E-state index contributed by atoms with van der Waals surface area (Å²) in [6, 6.07) is 12.9. The van der Waals surface area contributed by atoms with Crippen molar-refractivity contribution in [2.24, 2.45) is 5.92 Å². The lowest BCUT2D eigenvalue weighted by Gasteiger charge is -2.34. The molecule has 2 amide bonds. The largest absolute Gasteiger partial charge is 0.419 e. The summed E-state index contributed by atoms with van der Waals surface area (Å²) in [5, 5.41) is 16.1. The Morgan fingerprint density at radius 1 is 1.02 bits per heavy atom. The molecule has 6 rings (SSSR count). The summed E-state index contributed by atoms with van der Waals surface area (Å²) in [4.78, 5) is 32.9. The standard InChI is InChI=1S/C32H33ClF3N5O3/c33-24-3-1-2-21(13-24)22-14-26(32(34,35)36)29(38-17-22)40-10-8-19(9-11-40)15-37-16-20-4-5-25-23(12-20)18-41(31(25)44)27-6-7-28(42)39-30(27)43/h1-5,12-14,17,19,27-28,37,42H,6-11,15-16,18H2,(H,39,43)/t27-,28?/m0/s1. The number of nitrogens with zero attached hydrogens (tertiary/aromatic N) is 3. The van der Waals surface area contributed by atoms with Crippen LogP contribution in [0, 0.1) is 5.92 Å². The van der Waals surface area contributed by atoms with Crippen molar-refractivity contribution < 1.29 is 27.9 Å². The van der Waals surface area contributed by atoms with Gasteiger partial charge in [0.2, 0.25) is 5.91 Å². The Bertz CT molecular complexity index is 1560. The molecule has 2 saturated heterocycles. The van der Waals surface area contributed by atoms with Crippen LogP contribution in [0.4, 0.5) is 19.0 Å².